The molecule has 0 aliphatic carbocycles. The van der Waals surface area contributed by atoms with Crippen molar-refractivity contribution in [2.45, 2.75) is 26.8 Å². The molecule has 2 nitrogen and oxygen atoms in total. The standard InChI is InChI=1S/C7H17NOS/c1-7(2,3)6(8)5-10(4)9/h6H,5,8H2,1-4H3. The lowest BCUT2D eigenvalue weighted by Gasteiger charge is -2.25. The molecule has 0 saturated carbocycles. The Bertz CT molecular complexity index is 128. The Morgan fingerprint density at radius 2 is 1.90 bits per heavy atom. The van der Waals surface area contributed by atoms with Crippen LogP contribution in [0.4, 0.5) is 0 Å². The molecule has 0 amide bonds. The van der Waals surface area contributed by atoms with Gasteiger partial charge in [-0.05, 0) is 5.41 Å². The third-order valence-electron chi connectivity index (χ3n) is 1.53. The SMILES string of the molecule is CS(=O)CC(N)C(C)(C)C. The second-order valence-corrected chi connectivity index (χ2v) is 5.19. The van der Waals surface area contributed by atoms with Gasteiger partial charge in [0.25, 0.3) is 0 Å². The summed E-state index contributed by atoms with van der Waals surface area (Å²) < 4.78 is 10.7. The molecule has 0 aromatic carbocycles. The Hall–Kier alpha value is 0.110. The minimum absolute atomic E-state index is 0.0401. The van der Waals surface area contributed by atoms with E-state index in [-0.39, 0.29) is 11.5 Å². The van der Waals surface area contributed by atoms with Crippen LogP contribution in [-0.2, 0) is 10.8 Å². The van der Waals surface area contributed by atoms with Crippen molar-refractivity contribution < 1.29 is 4.21 Å². The van der Waals surface area contributed by atoms with E-state index >= 15 is 0 Å². The van der Waals surface area contributed by atoms with Gasteiger partial charge in [0.05, 0.1) is 0 Å². The summed E-state index contributed by atoms with van der Waals surface area (Å²) in [5.74, 6) is 0.601. The zero-order valence-corrected chi connectivity index (χ0v) is 7.99. The Morgan fingerprint density at radius 1 is 1.50 bits per heavy atom. The minimum Gasteiger partial charge on any atom is -0.326 e. The predicted molar refractivity (Wildman–Crippen MR) is 46.4 cm³/mol. The number of hydrogen-bond acceptors (Lipinski definition) is 2. The molecule has 0 aliphatic rings. The number of hydrogen-bond donors (Lipinski definition) is 1. The van der Waals surface area contributed by atoms with Gasteiger partial charge >= 0.3 is 0 Å². The normalized spacial score (nSPS) is 18.5. The van der Waals surface area contributed by atoms with E-state index in [4.69, 9.17) is 5.73 Å². The summed E-state index contributed by atoms with van der Waals surface area (Å²) in [5, 5.41) is 0. The van der Waals surface area contributed by atoms with Crippen molar-refractivity contribution in [1.29, 1.82) is 0 Å². The Morgan fingerprint density at radius 3 is 2.00 bits per heavy atom. The quantitative estimate of drug-likeness (QED) is 0.652. The Labute approximate surface area is 65.6 Å². The molecule has 0 bridgehead atoms. The number of rotatable bonds is 2. The van der Waals surface area contributed by atoms with Gasteiger partial charge in [-0.1, -0.05) is 20.8 Å². The maximum Gasteiger partial charge on any atom is 0.0388 e. The molecule has 0 aromatic heterocycles. The molecule has 2 atom stereocenters. The Kier molecular flexibility index (Phi) is 3.52. The van der Waals surface area contributed by atoms with E-state index in [1.165, 1.54) is 0 Å². The van der Waals surface area contributed by atoms with Gasteiger partial charge in [-0.15, -0.1) is 0 Å². The smallest absolute Gasteiger partial charge is 0.0388 e. The third kappa shape index (κ3) is 4.01. The third-order valence-corrected chi connectivity index (χ3v) is 2.36. The summed E-state index contributed by atoms with van der Waals surface area (Å²) in [4.78, 5) is 0. The van der Waals surface area contributed by atoms with Crippen molar-refractivity contribution in [3.63, 3.8) is 0 Å². The van der Waals surface area contributed by atoms with Crippen LogP contribution < -0.4 is 5.73 Å². The van der Waals surface area contributed by atoms with Crippen LogP contribution in [0.15, 0.2) is 0 Å². The summed E-state index contributed by atoms with van der Waals surface area (Å²) in [6, 6.07) is 0.0401. The van der Waals surface area contributed by atoms with Gasteiger partial charge in [-0.2, -0.15) is 0 Å². The van der Waals surface area contributed by atoms with Crippen molar-refractivity contribution in [3.05, 3.63) is 0 Å². The molecule has 3 heteroatoms. The first kappa shape index (κ1) is 10.1. The zero-order valence-electron chi connectivity index (χ0n) is 7.18. The largest absolute Gasteiger partial charge is 0.326 e. The topological polar surface area (TPSA) is 43.1 Å². The number of nitrogens with two attached hydrogens (primary N) is 1. The van der Waals surface area contributed by atoms with Crippen molar-refractivity contribution in [1.82, 2.24) is 0 Å². The average molecular weight is 163 g/mol. The highest BCUT2D eigenvalue weighted by atomic mass is 32.2. The Balaban J connectivity index is 3.85. The van der Waals surface area contributed by atoms with Gasteiger partial charge in [0.15, 0.2) is 0 Å². The van der Waals surface area contributed by atoms with Gasteiger partial charge in [0, 0.05) is 28.9 Å². The molecule has 0 aromatic rings. The molecule has 62 valence electrons. The van der Waals surface area contributed by atoms with Crippen molar-refractivity contribution >= 4 is 10.8 Å². The van der Waals surface area contributed by atoms with Crippen LogP contribution in [0, 0.1) is 5.41 Å². The van der Waals surface area contributed by atoms with Gasteiger partial charge in [-0.3, -0.25) is 4.21 Å². The van der Waals surface area contributed by atoms with E-state index in [0.717, 1.165) is 0 Å². The lowest BCUT2D eigenvalue weighted by atomic mass is 9.89. The fraction of sp³-hybridized carbons (Fsp3) is 1.00. The van der Waals surface area contributed by atoms with Crippen molar-refractivity contribution in [3.8, 4) is 0 Å². The second-order valence-electron chi connectivity index (χ2n) is 3.71. The molecule has 0 aliphatic heterocycles. The van der Waals surface area contributed by atoms with E-state index in [0.29, 0.717) is 5.75 Å². The van der Waals surface area contributed by atoms with E-state index < -0.39 is 10.8 Å². The molecule has 10 heavy (non-hydrogen) atoms. The maximum absolute atomic E-state index is 10.7. The first-order valence-corrected chi connectivity index (χ1v) is 5.12. The van der Waals surface area contributed by atoms with Crippen LogP contribution >= 0.6 is 0 Å². The van der Waals surface area contributed by atoms with Crippen molar-refractivity contribution in [2.75, 3.05) is 12.0 Å². The highest BCUT2D eigenvalue weighted by molar-refractivity contribution is 7.84. The highest BCUT2D eigenvalue weighted by Crippen LogP contribution is 2.17. The fourth-order valence-electron chi connectivity index (χ4n) is 0.503. The van der Waals surface area contributed by atoms with E-state index in [1.54, 1.807) is 6.26 Å². The maximum atomic E-state index is 10.7. The first-order chi connectivity index (χ1) is 4.34. The van der Waals surface area contributed by atoms with E-state index in [9.17, 15) is 4.21 Å². The van der Waals surface area contributed by atoms with Crippen LogP contribution in [0.1, 0.15) is 20.8 Å². The molecule has 0 saturated heterocycles. The summed E-state index contributed by atoms with van der Waals surface area (Å²) >= 11 is 0. The van der Waals surface area contributed by atoms with Gasteiger partial charge in [0.2, 0.25) is 0 Å². The molecule has 0 rings (SSSR count). The molecule has 0 heterocycles. The van der Waals surface area contributed by atoms with Crippen LogP contribution in [0.5, 0.6) is 0 Å². The van der Waals surface area contributed by atoms with Gasteiger partial charge in [-0.25, -0.2) is 0 Å². The van der Waals surface area contributed by atoms with E-state index in [1.807, 2.05) is 0 Å². The zero-order chi connectivity index (χ0) is 8.36. The molecule has 0 spiro atoms. The molecule has 2 N–H and O–H groups in total. The van der Waals surface area contributed by atoms with Crippen LogP contribution in [0.25, 0.3) is 0 Å². The molecule has 0 fully saturated rings. The molecular weight excluding hydrogens is 146 g/mol. The first-order valence-electron chi connectivity index (χ1n) is 3.39. The summed E-state index contributed by atoms with van der Waals surface area (Å²) in [7, 11) is -0.767. The molecular formula is C7H17NOS. The minimum atomic E-state index is -0.767. The second kappa shape index (κ2) is 3.49. The fourth-order valence-corrected chi connectivity index (χ4v) is 1.51. The summed E-state index contributed by atoms with van der Waals surface area (Å²) in [5.41, 5.74) is 5.83. The monoisotopic (exact) mass is 163 g/mol. The summed E-state index contributed by atoms with van der Waals surface area (Å²) in [6.45, 7) is 6.18. The van der Waals surface area contributed by atoms with Crippen LogP contribution in [0.3, 0.4) is 0 Å². The summed E-state index contributed by atoms with van der Waals surface area (Å²) in [6.07, 6.45) is 1.69. The van der Waals surface area contributed by atoms with Crippen molar-refractivity contribution in [2.24, 2.45) is 11.1 Å². The molecule has 0 radical (unpaired) electrons. The predicted octanol–water partition coefficient (Wildman–Crippen LogP) is 0.738. The van der Waals surface area contributed by atoms with Gasteiger partial charge < -0.3 is 5.73 Å². The highest BCUT2D eigenvalue weighted by Gasteiger charge is 2.20. The lowest BCUT2D eigenvalue weighted by molar-refractivity contribution is 0.342. The average Bonchev–Trinajstić information content (AvgIpc) is 1.60. The van der Waals surface area contributed by atoms with E-state index in [2.05, 4.69) is 20.8 Å². The lowest BCUT2D eigenvalue weighted by Crippen LogP contribution is -2.39. The van der Waals surface area contributed by atoms with Crippen LogP contribution in [0.2, 0.25) is 0 Å². The molecule has 2 unspecified atom stereocenters. The van der Waals surface area contributed by atoms with Gasteiger partial charge in [0.1, 0.15) is 0 Å². The van der Waals surface area contributed by atoms with Crippen LogP contribution in [-0.4, -0.2) is 22.3 Å².